The molecule has 14 heavy (non-hydrogen) atoms. The predicted octanol–water partition coefficient (Wildman–Crippen LogP) is 0.994. The molecule has 1 saturated carbocycles. The fourth-order valence-electron chi connectivity index (χ4n) is 1.70. The van der Waals surface area contributed by atoms with Gasteiger partial charge in [-0.1, -0.05) is 0 Å². The Morgan fingerprint density at radius 3 is 2.64 bits per heavy atom. The van der Waals surface area contributed by atoms with Crippen LogP contribution in [0.1, 0.15) is 32.6 Å². The SMILES string of the molecule is CCOC(=O)C1CCC(O)(C#N)CC1. The molecule has 0 heterocycles. The van der Waals surface area contributed by atoms with Crippen molar-refractivity contribution in [2.45, 2.75) is 38.2 Å². The lowest BCUT2D eigenvalue weighted by Crippen LogP contribution is -2.35. The van der Waals surface area contributed by atoms with Crippen LogP contribution in [0.5, 0.6) is 0 Å². The Labute approximate surface area is 83.5 Å². The maximum atomic E-state index is 11.3. The third-order valence-electron chi connectivity index (χ3n) is 2.64. The van der Waals surface area contributed by atoms with Crippen LogP contribution in [0.25, 0.3) is 0 Å². The molecule has 1 N–H and O–H groups in total. The fraction of sp³-hybridized carbons (Fsp3) is 0.800. The highest BCUT2D eigenvalue weighted by atomic mass is 16.5. The Hall–Kier alpha value is -1.08. The number of nitriles is 1. The lowest BCUT2D eigenvalue weighted by atomic mass is 9.80. The van der Waals surface area contributed by atoms with Gasteiger partial charge in [0.05, 0.1) is 18.6 Å². The molecule has 0 aromatic carbocycles. The average molecular weight is 197 g/mol. The highest BCUT2D eigenvalue weighted by molar-refractivity contribution is 5.72. The molecule has 0 aromatic heterocycles. The van der Waals surface area contributed by atoms with E-state index in [2.05, 4.69) is 0 Å². The van der Waals surface area contributed by atoms with Gasteiger partial charge in [0.1, 0.15) is 0 Å². The van der Waals surface area contributed by atoms with Gasteiger partial charge in [-0.3, -0.25) is 4.79 Å². The lowest BCUT2D eigenvalue weighted by molar-refractivity contribution is -0.150. The van der Waals surface area contributed by atoms with Crippen molar-refractivity contribution in [1.82, 2.24) is 0 Å². The summed E-state index contributed by atoms with van der Waals surface area (Å²) in [6.07, 6.45) is 1.83. The van der Waals surface area contributed by atoms with Crippen LogP contribution in [0.15, 0.2) is 0 Å². The van der Waals surface area contributed by atoms with Crippen molar-refractivity contribution in [1.29, 1.82) is 5.26 Å². The predicted molar refractivity (Wildman–Crippen MR) is 49.2 cm³/mol. The number of esters is 1. The summed E-state index contributed by atoms with van der Waals surface area (Å²) in [5.41, 5.74) is -1.22. The smallest absolute Gasteiger partial charge is 0.308 e. The number of hydrogen-bond donors (Lipinski definition) is 1. The van der Waals surface area contributed by atoms with Crippen LogP contribution in [0.2, 0.25) is 0 Å². The molecular formula is C10H15NO3. The van der Waals surface area contributed by atoms with Gasteiger partial charge < -0.3 is 9.84 Å². The van der Waals surface area contributed by atoms with Crippen LogP contribution >= 0.6 is 0 Å². The zero-order chi connectivity index (χ0) is 10.6. The molecule has 4 heteroatoms. The minimum absolute atomic E-state index is 0.136. The van der Waals surface area contributed by atoms with Crippen LogP contribution in [0, 0.1) is 17.2 Å². The summed E-state index contributed by atoms with van der Waals surface area (Å²) in [6.45, 7) is 2.16. The van der Waals surface area contributed by atoms with E-state index < -0.39 is 5.60 Å². The van der Waals surface area contributed by atoms with Crippen LogP contribution in [0.3, 0.4) is 0 Å². The van der Waals surface area contributed by atoms with Gasteiger partial charge in [-0.05, 0) is 32.6 Å². The number of nitrogens with zero attached hydrogens (tertiary/aromatic N) is 1. The Morgan fingerprint density at radius 2 is 2.21 bits per heavy atom. The second kappa shape index (κ2) is 4.43. The number of rotatable bonds is 2. The second-order valence-electron chi connectivity index (χ2n) is 3.67. The average Bonchev–Trinajstić information content (AvgIpc) is 2.19. The summed E-state index contributed by atoms with van der Waals surface area (Å²) in [7, 11) is 0. The molecule has 1 aliphatic carbocycles. The van der Waals surface area contributed by atoms with E-state index in [1.165, 1.54) is 0 Å². The number of ether oxygens (including phenoxy) is 1. The van der Waals surface area contributed by atoms with Crippen molar-refractivity contribution < 1.29 is 14.6 Å². The first-order chi connectivity index (χ1) is 6.61. The Morgan fingerprint density at radius 1 is 1.64 bits per heavy atom. The van der Waals surface area contributed by atoms with Crippen molar-refractivity contribution in [3.8, 4) is 6.07 Å². The van der Waals surface area contributed by atoms with E-state index in [4.69, 9.17) is 10.00 Å². The summed E-state index contributed by atoms with van der Waals surface area (Å²) in [6, 6.07) is 1.88. The molecule has 0 aliphatic heterocycles. The summed E-state index contributed by atoms with van der Waals surface area (Å²) in [5.74, 6) is -0.337. The first-order valence-corrected chi connectivity index (χ1v) is 4.91. The molecule has 1 fully saturated rings. The lowest BCUT2D eigenvalue weighted by Gasteiger charge is -2.29. The van der Waals surface area contributed by atoms with Gasteiger partial charge in [-0.25, -0.2) is 0 Å². The van der Waals surface area contributed by atoms with E-state index in [1.807, 2.05) is 6.07 Å². The van der Waals surface area contributed by atoms with Crippen molar-refractivity contribution in [3.05, 3.63) is 0 Å². The quantitative estimate of drug-likeness (QED) is 0.529. The molecule has 78 valence electrons. The zero-order valence-electron chi connectivity index (χ0n) is 8.32. The molecule has 0 amide bonds. The topological polar surface area (TPSA) is 70.3 Å². The molecule has 0 atom stereocenters. The van der Waals surface area contributed by atoms with Crippen LogP contribution in [0.4, 0.5) is 0 Å². The van der Waals surface area contributed by atoms with E-state index in [9.17, 15) is 9.90 Å². The highest BCUT2D eigenvalue weighted by Crippen LogP contribution is 2.32. The van der Waals surface area contributed by atoms with Gasteiger partial charge in [-0.2, -0.15) is 5.26 Å². The zero-order valence-corrected chi connectivity index (χ0v) is 8.32. The normalized spacial score (nSPS) is 31.9. The molecular weight excluding hydrogens is 182 g/mol. The van der Waals surface area contributed by atoms with E-state index in [0.717, 1.165) is 0 Å². The van der Waals surface area contributed by atoms with Gasteiger partial charge in [0.2, 0.25) is 0 Å². The van der Waals surface area contributed by atoms with Crippen molar-refractivity contribution >= 4 is 5.97 Å². The third kappa shape index (κ3) is 2.46. The first kappa shape index (κ1) is 11.0. The fourth-order valence-corrected chi connectivity index (χ4v) is 1.70. The Bertz CT molecular complexity index is 249. The van der Waals surface area contributed by atoms with E-state index >= 15 is 0 Å². The third-order valence-corrected chi connectivity index (χ3v) is 2.64. The van der Waals surface area contributed by atoms with Gasteiger partial charge in [0.15, 0.2) is 5.60 Å². The van der Waals surface area contributed by atoms with E-state index in [-0.39, 0.29) is 11.9 Å². The largest absolute Gasteiger partial charge is 0.466 e. The van der Waals surface area contributed by atoms with Gasteiger partial charge in [-0.15, -0.1) is 0 Å². The van der Waals surface area contributed by atoms with Crippen LogP contribution < -0.4 is 0 Å². The molecule has 1 rings (SSSR count). The Balaban J connectivity index is 2.44. The number of carbonyl (C=O) groups excluding carboxylic acids is 1. The monoisotopic (exact) mass is 197 g/mol. The molecule has 4 nitrogen and oxygen atoms in total. The minimum Gasteiger partial charge on any atom is -0.466 e. The summed E-state index contributed by atoms with van der Waals surface area (Å²) < 4.78 is 4.88. The van der Waals surface area contributed by atoms with E-state index in [0.29, 0.717) is 32.3 Å². The first-order valence-electron chi connectivity index (χ1n) is 4.91. The van der Waals surface area contributed by atoms with Crippen molar-refractivity contribution in [2.24, 2.45) is 5.92 Å². The van der Waals surface area contributed by atoms with Crippen molar-refractivity contribution in [3.63, 3.8) is 0 Å². The van der Waals surface area contributed by atoms with Gasteiger partial charge in [0, 0.05) is 0 Å². The van der Waals surface area contributed by atoms with Crippen LogP contribution in [-0.4, -0.2) is 23.3 Å². The number of carbonyl (C=O) groups is 1. The van der Waals surface area contributed by atoms with E-state index in [1.54, 1.807) is 6.92 Å². The van der Waals surface area contributed by atoms with Gasteiger partial charge in [0.25, 0.3) is 0 Å². The number of hydrogen-bond acceptors (Lipinski definition) is 4. The summed E-state index contributed by atoms with van der Waals surface area (Å²) in [4.78, 5) is 11.3. The molecule has 0 radical (unpaired) electrons. The summed E-state index contributed by atoms with van der Waals surface area (Å²) in [5, 5.41) is 18.3. The second-order valence-corrected chi connectivity index (χ2v) is 3.67. The summed E-state index contributed by atoms with van der Waals surface area (Å²) >= 11 is 0. The molecule has 1 aliphatic rings. The Kier molecular flexibility index (Phi) is 3.48. The van der Waals surface area contributed by atoms with Crippen molar-refractivity contribution in [2.75, 3.05) is 6.61 Å². The van der Waals surface area contributed by atoms with Gasteiger partial charge >= 0.3 is 5.97 Å². The molecule has 0 bridgehead atoms. The minimum atomic E-state index is -1.22. The highest BCUT2D eigenvalue weighted by Gasteiger charge is 2.36. The number of aliphatic hydroxyl groups is 1. The molecule has 0 unspecified atom stereocenters. The van der Waals surface area contributed by atoms with Crippen LogP contribution in [-0.2, 0) is 9.53 Å². The maximum Gasteiger partial charge on any atom is 0.308 e. The molecule has 0 spiro atoms. The standard InChI is InChI=1S/C10H15NO3/c1-2-14-9(12)8-3-5-10(13,7-11)6-4-8/h8,13H,2-6H2,1H3. The molecule has 0 saturated heterocycles. The maximum absolute atomic E-state index is 11.3. The molecule has 0 aromatic rings.